The molecule has 0 aliphatic carbocycles. The number of hydrogen-bond acceptors (Lipinski definition) is 5. The Morgan fingerprint density at radius 1 is 1.19 bits per heavy atom. The lowest BCUT2D eigenvalue weighted by atomic mass is 10.1. The van der Waals surface area contributed by atoms with E-state index in [4.69, 9.17) is 9.78 Å². The molecule has 1 saturated heterocycles. The minimum absolute atomic E-state index is 0.0717. The van der Waals surface area contributed by atoms with Crippen LogP contribution in [0.25, 0.3) is 11.5 Å². The van der Waals surface area contributed by atoms with E-state index >= 15 is 0 Å². The molecular weight excluding hydrogens is 354 g/mol. The molecule has 134 valence electrons. The van der Waals surface area contributed by atoms with Gasteiger partial charge in [-0.3, -0.25) is 4.79 Å². The summed E-state index contributed by atoms with van der Waals surface area (Å²) in [4.78, 5) is 17.8. The van der Waals surface area contributed by atoms with Crippen molar-refractivity contribution in [3.63, 3.8) is 0 Å². The first kappa shape index (κ1) is 16.8. The third kappa shape index (κ3) is 3.15. The normalized spacial score (nSPS) is 16.6. The summed E-state index contributed by atoms with van der Waals surface area (Å²) < 4.78 is 32.7. The van der Waals surface area contributed by atoms with Crippen molar-refractivity contribution < 1.29 is 18.1 Å². The Morgan fingerprint density at radius 3 is 2.70 bits per heavy atom. The van der Waals surface area contributed by atoms with E-state index in [-0.39, 0.29) is 30.5 Å². The van der Waals surface area contributed by atoms with Crippen molar-refractivity contribution in [2.24, 2.45) is 0 Å². The van der Waals surface area contributed by atoms with Crippen LogP contribution in [0.2, 0.25) is 0 Å². The van der Waals surface area contributed by atoms with Crippen molar-refractivity contribution >= 4 is 11.6 Å². The number of carbonyl (C=O) groups excluding carboxylic acids is 1. The van der Waals surface area contributed by atoms with Crippen LogP contribution in [0, 0.1) is 23.0 Å². The van der Waals surface area contributed by atoms with Crippen LogP contribution in [0.3, 0.4) is 0 Å². The first-order valence-corrected chi connectivity index (χ1v) is 8.14. The van der Waals surface area contributed by atoms with Crippen molar-refractivity contribution in [3.8, 4) is 17.5 Å². The van der Waals surface area contributed by atoms with E-state index in [1.807, 2.05) is 6.07 Å². The molecule has 2 heterocycles. The first-order chi connectivity index (χ1) is 13.0. The first-order valence-electron chi connectivity index (χ1n) is 8.14. The largest absolute Gasteiger partial charge is 0.334 e. The zero-order valence-electron chi connectivity index (χ0n) is 13.9. The van der Waals surface area contributed by atoms with Crippen LogP contribution >= 0.6 is 0 Å². The van der Waals surface area contributed by atoms with Gasteiger partial charge in [-0.1, -0.05) is 5.16 Å². The molecule has 4 rings (SSSR count). The molecule has 0 bridgehead atoms. The summed E-state index contributed by atoms with van der Waals surface area (Å²) in [7, 11) is 0. The molecule has 0 spiro atoms. The lowest BCUT2D eigenvalue weighted by molar-refractivity contribution is -0.117. The molecule has 0 N–H and O–H groups in total. The maximum absolute atomic E-state index is 14.0. The molecule has 8 heteroatoms. The van der Waals surface area contributed by atoms with Crippen LogP contribution in [-0.4, -0.2) is 22.6 Å². The molecule has 6 nitrogen and oxygen atoms in total. The number of benzene rings is 2. The number of rotatable bonds is 3. The Labute approximate surface area is 152 Å². The smallest absolute Gasteiger partial charge is 0.257 e. The van der Waals surface area contributed by atoms with Crippen LogP contribution in [-0.2, 0) is 4.79 Å². The molecule has 1 amide bonds. The molecule has 1 atom stereocenters. The summed E-state index contributed by atoms with van der Waals surface area (Å²) in [6.07, 6.45) is 0.0717. The lowest BCUT2D eigenvalue weighted by Gasteiger charge is -2.16. The number of nitrogens with zero attached hydrogens (tertiary/aromatic N) is 4. The highest BCUT2D eigenvalue weighted by Gasteiger charge is 2.36. The average Bonchev–Trinajstić information content (AvgIpc) is 3.31. The van der Waals surface area contributed by atoms with Crippen LogP contribution in [0.15, 0.2) is 47.0 Å². The van der Waals surface area contributed by atoms with Crippen LogP contribution < -0.4 is 4.90 Å². The molecule has 0 saturated carbocycles. The molecule has 3 aromatic rings. The van der Waals surface area contributed by atoms with Crippen molar-refractivity contribution in [3.05, 3.63) is 65.5 Å². The number of aromatic nitrogens is 2. The molecule has 1 aliphatic heterocycles. The zero-order valence-corrected chi connectivity index (χ0v) is 13.9. The maximum Gasteiger partial charge on any atom is 0.257 e. The van der Waals surface area contributed by atoms with Gasteiger partial charge in [-0.2, -0.15) is 10.2 Å². The molecule has 1 unspecified atom stereocenters. The van der Waals surface area contributed by atoms with Gasteiger partial charge >= 0.3 is 0 Å². The molecule has 1 aromatic heterocycles. The van der Waals surface area contributed by atoms with Gasteiger partial charge in [0.15, 0.2) is 5.82 Å². The quantitative estimate of drug-likeness (QED) is 0.709. The van der Waals surface area contributed by atoms with E-state index in [1.54, 1.807) is 24.3 Å². The van der Waals surface area contributed by atoms with E-state index in [2.05, 4.69) is 10.1 Å². The molecule has 27 heavy (non-hydrogen) atoms. The van der Waals surface area contributed by atoms with Gasteiger partial charge in [0.2, 0.25) is 5.91 Å². The van der Waals surface area contributed by atoms with Gasteiger partial charge in [-0.25, -0.2) is 8.78 Å². The summed E-state index contributed by atoms with van der Waals surface area (Å²) in [5, 5.41) is 12.8. The fourth-order valence-electron chi connectivity index (χ4n) is 3.01. The number of halogens is 2. The highest BCUT2D eigenvalue weighted by Crippen LogP contribution is 2.33. The summed E-state index contributed by atoms with van der Waals surface area (Å²) >= 11 is 0. The third-order valence-corrected chi connectivity index (χ3v) is 4.39. The third-order valence-electron chi connectivity index (χ3n) is 4.39. The fourth-order valence-corrected chi connectivity index (χ4v) is 3.01. The van der Waals surface area contributed by atoms with Crippen molar-refractivity contribution in [1.29, 1.82) is 5.26 Å². The lowest BCUT2D eigenvalue weighted by Crippen LogP contribution is -2.25. The van der Waals surface area contributed by atoms with Crippen molar-refractivity contribution in [1.82, 2.24) is 10.1 Å². The topological polar surface area (TPSA) is 83.0 Å². The Hall–Kier alpha value is -3.60. The van der Waals surface area contributed by atoms with E-state index in [9.17, 15) is 13.6 Å². The number of anilines is 1. The van der Waals surface area contributed by atoms with Gasteiger partial charge in [0.25, 0.3) is 5.89 Å². The summed E-state index contributed by atoms with van der Waals surface area (Å²) in [6, 6.07) is 11.6. The van der Waals surface area contributed by atoms with Crippen molar-refractivity contribution in [2.45, 2.75) is 12.3 Å². The maximum atomic E-state index is 14.0. The average molecular weight is 366 g/mol. The second-order valence-corrected chi connectivity index (χ2v) is 6.15. The molecule has 2 aromatic carbocycles. The molecule has 1 aliphatic rings. The standard InChI is InChI=1S/C19H12F2N4O2/c20-14-5-6-15(21)16(8-14)25-10-13(7-17(25)26)18-23-19(27-24-18)12-3-1-11(9-22)2-4-12/h1-6,8,13H,7,10H2. The Balaban J connectivity index is 1.57. The highest BCUT2D eigenvalue weighted by atomic mass is 19.1. The predicted octanol–water partition coefficient (Wildman–Crippen LogP) is 3.41. The predicted molar refractivity (Wildman–Crippen MR) is 90.5 cm³/mol. The summed E-state index contributed by atoms with van der Waals surface area (Å²) in [6.45, 7) is 0.131. The molecule has 0 radical (unpaired) electrons. The van der Waals surface area contributed by atoms with E-state index in [0.29, 0.717) is 17.0 Å². The number of carbonyl (C=O) groups is 1. The van der Waals surface area contributed by atoms with Gasteiger partial charge in [0.1, 0.15) is 11.6 Å². The minimum atomic E-state index is -0.670. The Kier molecular flexibility index (Phi) is 4.12. The van der Waals surface area contributed by atoms with Crippen LogP contribution in [0.1, 0.15) is 23.7 Å². The molecule has 1 fully saturated rings. The van der Waals surface area contributed by atoms with Gasteiger partial charge < -0.3 is 9.42 Å². The van der Waals surface area contributed by atoms with Gasteiger partial charge in [0.05, 0.1) is 17.3 Å². The SMILES string of the molecule is N#Cc1ccc(-c2nc(C3CC(=O)N(c4cc(F)ccc4F)C3)no2)cc1. The summed E-state index contributed by atoms with van der Waals surface area (Å²) in [5.41, 5.74) is 1.05. The van der Waals surface area contributed by atoms with Crippen LogP contribution in [0.5, 0.6) is 0 Å². The second-order valence-electron chi connectivity index (χ2n) is 6.15. The monoisotopic (exact) mass is 366 g/mol. The number of hydrogen-bond donors (Lipinski definition) is 0. The van der Waals surface area contributed by atoms with E-state index in [1.165, 1.54) is 4.90 Å². The van der Waals surface area contributed by atoms with Gasteiger partial charge in [-0.05, 0) is 36.4 Å². The van der Waals surface area contributed by atoms with Gasteiger partial charge in [0, 0.05) is 30.5 Å². The number of amides is 1. The van der Waals surface area contributed by atoms with Gasteiger partial charge in [-0.15, -0.1) is 0 Å². The highest BCUT2D eigenvalue weighted by molar-refractivity contribution is 5.96. The fraction of sp³-hybridized carbons (Fsp3) is 0.158. The van der Waals surface area contributed by atoms with E-state index in [0.717, 1.165) is 18.2 Å². The Morgan fingerprint density at radius 2 is 1.96 bits per heavy atom. The second kappa shape index (κ2) is 6.61. The number of nitriles is 1. The summed E-state index contributed by atoms with van der Waals surface area (Å²) in [5.74, 6) is -1.44. The van der Waals surface area contributed by atoms with E-state index < -0.39 is 17.6 Å². The molecular formula is C19H12F2N4O2. The Bertz CT molecular complexity index is 1060. The van der Waals surface area contributed by atoms with Crippen LogP contribution in [0.4, 0.5) is 14.5 Å². The van der Waals surface area contributed by atoms with Crippen molar-refractivity contribution in [2.75, 3.05) is 11.4 Å². The zero-order chi connectivity index (χ0) is 19.0. The minimum Gasteiger partial charge on any atom is -0.334 e.